The summed E-state index contributed by atoms with van der Waals surface area (Å²) in [4.78, 5) is 28.4. The molecule has 2 bridgehead atoms. The number of fused-ring (bicyclic) bond motifs is 3. The summed E-state index contributed by atoms with van der Waals surface area (Å²) >= 11 is 0. The fraction of sp³-hybridized carbons (Fsp3) is 0.360. The second-order valence-electron chi connectivity index (χ2n) is 9.01. The van der Waals surface area contributed by atoms with E-state index >= 15 is 0 Å². The van der Waals surface area contributed by atoms with Crippen LogP contribution in [0.5, 0.6) is 0 Å². The molecule has 6 nitrogen and oxygen atoms in total. The number of piperidine rings is 2. The van der Waals surface area contributed by atoms with E-state index in [1.165, 1.54) is 6.07 Å². The highest BCUT2D eigenvalue weighted by atomic mass is 19.4. The van der Waals surface area contributed by atoms with Crippen LogP contribution in [0, 0.1) is 12.8 Å². The number of nitrogens with zero attached hydrogens (tertiary/aromatic N) is 4. The molecule has 0 spiro atoms. The van der Waals surface area contributed by atoms with Gasteiger partial charge in [-0.25, -0.2) is 4.98 Å². The number of nitrogens with one attached hydrogen (secondary N) is 1. The summed E-state index contributed by atoms with van der Waals surface area (Å²) in [6.07, 6.45) is 2.45. The lowest BCUT2D eigenvalue weighted by atomic mass is 9.76. The van der Waals surface area contributed by atoms with E-state index in [0.717, 1.165) is 37.1 Å². The molecular formula is C25H24F3N5O. The van der Waals surface area contributed by atoms with Crippen molar-refractivity contribution in [3.63, 3.8) is 0 Å². The molecule has 176 valence electrons. The molecule has 1 N–H and O–H groups in total. The average Bonchev–Trinajstić information content (AvgIpc) is 2.84. The Morgan fingerprint density at radius 3 is 2.62 bits per heavy atom. The first-order valence-electron chi connectivity index (χ1n) is 11.3. The fourth-order valence-corrected chi connectivity index (χ4v) is 5.01. The Morgan fingerprint density at radius 1 is 1.09 bits per heavy atom. The van der Waals surface area contributed by atoms with Gasteiger partial charge in [0.15, 0.2) is 0 Å². The van der Waals surface area contributed by atoms with Crippen molar-refractivity contribution >= 4 is 11.7 Å². The van der Waals surface area contributed by atoms with Crippen LogP contribution in [0.1, 0.15) is 40.9 Å². The molecule has 3 atom stereocenters. The normalized spacial score (nSPS) is 22.0. The van der Waals surface area contributed by atoms with Gasteiger partial charge < -0.3 is 10.2 Å². The van der Waals surface area contributed by atoms with Crippen LogP contribution in [0.15, 0.2) is 55.0 Å². The lowest BCUT2D eigenvalue weighted by Crippen LogP contribution is -2.60. The van der Waals surface area contributed by atoms with Crippen LogP contribution >= 0.6 is 0 Å². The molecule has 34 heavy (non-hydrogen) atoms. The molecule has 1 amide bonds. The van der Waals surface area contributed by atoms with Crippen molar-refractivity contribution in [2.45, 2.75) is 44.4 Å². The Kier molecular flexibility index (Phi) is 5.71. The maximum atomic E-state index is 13.7. The van der Waals surface area contributed by atoms with E-state index in [1.54, 1.807) is 12.4 Å². The van der Waals surface area contributed by atoms with Crippen LogP contribution in [0.2, 0.25) is 0 Å². The largest absolute Gasteiger partial charge is 0.417 e. The quantitative estimate of drug-likeness (QED) is 0.587. The van der Waals surface area contributed by atoms with Gasteiger partial charge >= 0.3 is 6.18 Å². The maximum Gasteiger partial charge on any atom is 0.417 e. The van der Waals surface area contributed by atoms with Gasteiger partial charge in [-0.1, -0.05) is 6.07 Å². The number of aryl methyl sites for hydroxylation is 1. The topological polar surface area (TPSA) is 71.0 Å². The number of carbonyl (C=O) groups excluding carboxylic acids is 1. The van der Waals surface area contributed by atoms with E-state index in [0.29, 0.717) is 35.2 Å². The van der Waals surface area contributed by atoms with E-state index in [1.807, 2.05) is 36.1 Å². The minimum Gasteiger partial charge on any atom is -0.365 e. The van der Waals surface area contributed by atoms with Crippen molar-refractivity contribution in [2.24, 2.45) is 5.92 Å². The molecule has 1 saturated carbocycles. The first-order chi connectivity index (χ1) is 16.3. The summed E-state index contributed by atoms with van der Waals surface area (Å²) in [6.45, 7) is 2.56. The molecule has 5 heterocycles. The van der Waals surface area contributed by atoms with Gasteiger partial charge in [-0.3, -0.25) is 14.8 Å². The number of pyridine rings is 3. The summed E-state index contributed by atoms with van der Waals surface area (Å²) in [5, 5.41) is 3.28. The van der Waals surface area contributed by atoms with Crippen LogP contribution in [-0.4, -0.2) is 44.4 Å². The molecule has 1 aliphatic carbocycles. The Balaban J connectivity index is 1.40. The third kappa shape index (κ3) is 4.34. The number of hydrogen-bond acceptors (Lipinski definition) is 5. The van der Waals surface area contributed by atoms with Crippen LogP contribution in [0.4, 0.5) is 19.0 Å². The number of rotatable bonds is 4. The van der Waals surface area contributed by atoms with Gasteiger partial charge in [0.25, 0.3) is 5.91 Å². The zero-order valence-corrected chi connectivity index (χ0v) is 18.6. The fourth-order valence-electron chi connectivity index (χ4n) is 5.01. The summed E-state index contributed by atoms with van der Waals surface area (Å²) in [7, 11) is 0. The van der Waals surface area contributed by atoms with Crippen molar-refractivity contribution < 1.29 is 18.0 Å². The smallest absolute Gasteiger partial charge is 0.365 e. The summed E-state index contributed by atoms with van der Waals surface area (Å²) in [5.41, 5.74) is 1.90. The standard InChI is InChI=1S/C25H24F3N5O/c1-15-10-18(19-4-2-3-9-29-19)23(31-12-15)24(34)33-14-16-5-7-21(33)20(11-16)32-22-8-6-17(13-30-22)25(26,27)28/h2-4,6,8-10,12-13,16,20-21H,5,7,11,14H2,1H3,(H,30,32)/t16-,20-,21+/m1/s1. The van der Waals surface area contributed by atoms with E-state index in [4.69, 9.17) is 0 Å². The van der Waals surface area contributed by atoms with Crippen LogP contribution < -0.4 is 5.32 Å². The Hall–Kier alpha value is -3.49. The molecule has 0 unspecified atom stereocenters. The van der Waals surface area contributed by atoms with Gasteiger partial charge in [0, 0.05) is 36.7 Å². The highest BCUT2D eigenvalue weighted by molar-refractivity contribution is 5.99. The predicted octanol–water partition coefficient (Wildman–Crippen LogP) is 4.97. The van der Waals surface area contributed by atoms with Crippen LogP contribution in [0.3, 0.4) is 0 Å². The van der Waals surface area contributed by atoms with Gasteiger partial charge in [-0.15, -0.1) is 0 Å². The number of carbonyl (C=O) groups is 1. The summed E-state index contributed by atoms with van der Waals surface area (Å²) < 4.78 is 38.6. The number of anilines is 1. The molecular weight excluding hydrogens is 443 g/mol. The predicted molar refractivity (Wildman–Crippen MR) is 121 cm³/mol. The summed E-state index contributed by atoms with van der Waals surface area (Å²) in [5.74, 6) is 0.535. The molecule has 0 radical (unpaired) electrons. The van der Waals surface area contributed by atoms with Crippen molar-refractivity contribution in [2.75, 3.05) is 11.9 Å². The second kappa shape index (κ2) is 8.70. The maximum absolute atomic E-state index is 13.7. The van der Waals surface area contributed by atoms with E-state index in [9.17, 15) is 18.0 Å². The highest BCUT2D eigenvalue weighted by Crippen LogP contribution is 2.38. The van der Waals surface area contributed by atoms with Gasteiger partial charge in [-0.05, 0) is 68.0 Å². The number of alkyl halides is 3. The Bertz CT molecular complexity index is 1180. The minimum atomic E-state index is -4.43. The monoisotopic (exact) mass is 467 g/mol. The van der Waals surface area contributed by atoms with Crippen LogP contribution in [-0.2, 0) is 6.18 Å². The molecule has 6 rings (SSSR count). The summed E-state index contributed by atoms with van der Waals surface area (Å²) in [6, 6.07) is 9.66. The molecule has 2 saturated heterocycles. The van der Waals surface area contributed by atoms with Gasteiger partial charge in [0.2, 0.25) is 0 Å². The van der Waals surface area contributed by atoms with Gasteiger partial charge in [0.1, 0.15) is 11.5 Å². The molecule has 3 aromatic rings. The lowest BCUT2D eigenvalue weighted by Gasteiger charge is -2.50. The Labute approximate surface area is 195 Å². The lowest BCUT2D eigenvalue weighted by molar-refractivity contribution is -0.137. The molecule has 3 aromatic heterocycles. The second-order valence-corrected chi connectivity index (χ2v) is 9.01. The molecule has 3 fully saturated rings. The SMILES string of the molecule is Cc1cnc(C(=O)N2C[C@@H]3CC[C@H]2[C@H](Nc2ccc(C(F)(F)F)cn2)C3)c(-c2ccccn2)c1. The Morgan fingerprint density at radius 2 is 1.94 bits per heavy atom. The molecule has 9 heteroatoms. The third-order valence-corrected chi connectivity index (χ3v) is 6.63. The van der Waals surface area contributed by atoms with Gasteiger partial charge in [-0.2, -0.15) is 13.2 Å². The average molecular weight is 467 g/mol. The highest BCUT2D eigenvalue weighted by Gasteiger charge is 2.44. The molecule has 2 aliphatic heterocycles. The number of halogens is 3. The number of aromatic nitrogens is 3. The number of hydrogen-bond donors (Lipinski definition) is 1. The molecule has 0 aromatic carbocycles. The first kappa shape index (κ1) is 22.3. The van der Waals surface area contributed by atoms with Crippen LogP contribution in [0.25, 0.3) is 11.3 Å². The van der Waals surface area contributed by atoms with Crippen molar-refractivity contribution in [3.05, 3.63) is 71.8 Å². The number of amides is 1. The molecule has 3 aliphatic rings. The van der Waals surface area contributed by atoms with E-state index in [2.05, 4.69) is 20.3 Å². The van der Waals surface area contributed by atoms with Crippen molar-refractivity contribution in [1.82, 2.24) is 19.9 Å². The van der Waals surface area contributed by atoms with E-state index < -0.39 is 11.7 Å². The van der Waals surface area contributed by atoms with Crippen molar-refractivity contribution in [3.8, 4) is 11.3 Å². The zero-order chi connectivity index (χ0) is 23.9. The van der Waals surface area contributed by atoms with Crippen molar-refractivity contribution in [1.29, 1.82) is 0 Å². The first-order valence-corrected chi connectivity index (χ1v) is 11.3. The van der Waals surface area contributed by atoms with E-state index in [-0.39, 0.29) is 18.0 Å². The van der Waals surface area contributed by atoms with Gasteiger partial charge in [0.05, 0.1) is 17.3 Å². The third-order valence-electron chi connectivity index (χ3n) is 6.63. The zero-order valence-electron chi connectivity index (χ0n) is 18.6. The minimum absolute atomic E-state index is 0.0931.